The van der Waals surface area contributed by atoms with Gasteiger partial charge < -0.3 is 9.47 Å². The van der Waals surface area contributed by atoms with E-state index in [0.717, 1.165) is 0 Å². The minimum Gasteiger partial charge on any atom is -0.461 e. The van der Waals surface area contributed by atoms with E-state index in [2.05, 4.69) is 25.3 Å². The molecule has 2 atom stereocenters. The number of rotatable bonds is 6. The molecule has 0 N–H and O–H groups in total. The number of hydrogen-bond donors (Lipinski definition) is 2. The summed E-state index contributed by atoms with van der Waals surface area (Å²) in [7, 11) is 0. The number of ether oxygens (including phenoxy) is 2. The van der Waals surface area contributed by atoms with Crippen LogP contribution in [0.4, 0.5) is 0 Å². The van der Waals surface area contributed by atoms with Gasteiger partial charge in [0.1, 0.15) is 13.2 Å². The quantitative estimate of drug-likeness (QED) is 0.626. The Morgan fingerprint density at radius 3 is 1.60 bits per heavy atom. The maximum atomic E-state index is 11.9. The zero-order valence-corrected chi connectivity index (χ0v) is 13.2. The van der Waals surface area contributed by atoms with Gasteiger partial charge in [0.2, 0.25) is 0 Å². The van der Waals surface area contributed by atoms with Crippen LogP contribution in [0.1, 0.15) is 34.6 Å². The molecule has 0 aliphatic rings. The Balaban J connectivity index is 2.82. The van der Waals surface area contributed by atoms with E-state index in [9.17, 15) is 9.59 Å². The van der Waals surface area contributed by atoms with E-state index < -0.39 is 11.9 Å². The van der Waals surface area contributed by atoms with Crippen LogP contribution in [0.5, 0.6) is 0 Å². The van der Waals surface area contributed by atoms with Crippen LogP contribution in [-0.4, -0.2) is 35.7 Å². The summed E-state index contributed by atoms with van der Waals surface area (Å²) in [6.07, 6.45) is 0. The highest BCUT2D eigenvalue weighted by Crippen LogP contribution is 2.13. The second-order valence-corrected chi connectivity index (χ2v) is 6.20. The van der Waals surface area contributed by atoms with Gasteiger partial charge in [0.15, 0.2) is 0 Å². The zero-order chi connectivity index (χ0) is 15.1. The first-order chi connectivity index (χ1) is 9.41. The average Bonchev–Trinajstić information content (AvgIpc) is 2.42. The molecular weight excluding hydrogens is 296 g/mol. The van der Waals surface area contributed by atoms with Crippen molar-refractivity contribution in [2.45, 2.75) is 24.3 Å². The van der Waals surface area contributed by atoms with Crippen molar-refractivity contribution in [1.82, 2.24) is 0 Å². The van der Waals surface area contributed by atoms with Gasteiger partial charge in [-0.3, -0.25) is 0 Å². The Morgan fingerprint density at radius 1 is 0.950 bits per heavy atom. The fraction of sp³-hybridized carbons (Fsp3) is 0.429. The van der Waals surface area contributed by atoms with E-state index in [4.69, 9.17) is 9.47 Å². The van der Waals surface area contributed by atoms with Crippen LogP contribution in [0.25, 0.3) is 0 Å². The summed E-state index contributed by atoms with van der Waals surface area (Å²) in [5, 5.41) is -0.133. The van der Waals surface area contributed by atoms with Gasteiger partial charge >= 0.3 is 11.9 Å². The number of carbonyl (C=O) groups excluding carboxylic acids is 2. The second kappa shape index (κ2) is 8.21. The van der Waals surface area contributed by atoms with E-state index in [1.807, 2.05) is 13.8 Å². The van der Waals surface area contributed by atoms with E-state index in [1.165, 1.54) is 12.1 Å². The van der Waals surface area contributed by atoms with Crippen LogP contribution in [0, 0.1) is 0 Å². The molecule has 0 aromatic heterocycles. The number of hydrogen-bond acceptors (Lipinski definition) is 6. The van der Waals surface area contributed by atoms with Gasteiger partial charge in [-0.15, -0.1) is 0 Å². The Morgan fingerprint density at radius 2 is 1.30 bits per heavy atom. The van der Waals surface area contributed by atoms with Gasteiger partial charge in [0.25, 0.3) is 0 Å². The molecule has 0 radical (unpaired) electrons. The molecule has 1 aromatic carbocycles. The van der Waals surface area contributed by atoms with Crippen molar-refractivity contribution in [3.63, 3.8) is 0 Å². The fourth-order valence-corrected chi connectivity index (χ4v) is 1.54. The second-order valence-electron chi connectivity index (χ2n) is 4.44. The fourth-order valence-electron chi connectivity index (χ4n) is 1.39. The normalized spacial score (nSPS) is 13.4. The number of thiol groups is 2. The van der Waals surface area contributed by atoms with Crippen molar-refractivity contribution in [1.29, 1.82) is 0 Å². The van der Waals surface area contributed by atoms with E-state index >= 15 is 0 Å². The predicted octanol–water partition coefficient (Wildman–Crippen LogP) is 2.64. The van der Waals surface area contributed by atoms with Gasteiger partial charge in [0, 0.05) is 10.5 Å². The maximum Gasteiger partial charge on any atom is 0.339 e. The molecular formula is C14H18O4S2. The van der Waals surface area contributed by atoms with Crippen molar-refractivity contribution in [3.05, 3.63) is 35.4 Å². The molecule has 1 rings (SSSR count). The summed E-state index contributed by atoms with van der Waals surface area (Å²) < 4.78 is 10.1. The molecule has 4 nitrogen and oxygen atoms in total. The molecule has 110 valence electrons. The standard InChI is InChI=1S/C14H18O4S2/c1-9(19)7-17-13(15)11-5-3-4-6-12(11)14(16)18-8-10(2)20/h3-6,9-10,19-20H,7-8H2,1-2H3/t9-,10+. The average molecular weight is 314 g/mol. The van der Waals surface area contributed by atoms with Crippen molar-refractivity contribution >= 4 is 37.2 Å². The van der Waals surface area contributed by atoms with Gasteiger partial charge in [0.05, 0.1) is 11.1 Å². The highest BCUT2D eigenvalue weighted by Gasteiger charge is 2.19. The van der Waals surface area contributed by atoms with Crippen molar-refractivity contribution in [2.75, 3.05) is 13.2 Å². The SMILES string of the molecule is C[C@H](S)COC(=O)c1ccccc1C(=O)OC[C@@H](C)S. The Hall–Kier alpha value is -1.14. The lowest BCUT2D eigenvalue weighted by Crippen LogP contribution is -2.18. The highest BCUT2D eigenvalue weighted by molar-refractivity contribution is 7.81. The van der Waals surface area contributed by atoms with Crippen molar-refractivity contribution < 1.29 is 19.1 Å². The Kier molecular flexibility index (Phi) is 6.95. The predicted molar refractivity (Wildman–Crippen MR) is 83.9 cm³/mol. The van der Waals surface area contributed by atoms with Crippen LogP contribution in [0.3, 0.4) is 0 Å². The summed E-state index contributed by atoms with van der Waals surface area (Å²) >= 11 is 8.26. The monoisotopic (exact) mass is 314 g/mol. The summed E-state index contributed by atoms with van der Waals surface area (Å²) in [5.74, 6) is -1.12. The summed E-state index contributed by atoms with van der Waals surface area (Å²) in [6, 6.07) is 6.40. The number of carbonyl (C=O) groups is 2. The summed E-state index contributed by atoms with van der Waals surface area (Å²) in [6.45, 7) is 3.98. The molecule has 0 saturated heterocycles. The molecule has 0 spiro atoms. The minimum absolute atomic E-state index is 0.0666. The smallest absolute Gasteiger partial charge is 0.339 e. The topological polar surface area (TPSA) is 52.6 Å². The molecule has 0 aliphatic heterocycles. The highest BCUT2D eigenvalue weighted by atomic mass is 32.1. The summed E-state index contributed by atoms with van der Waals surface area (Å²) in [5.41, 5.74) is 0.386. The van der Waals surface area contributed by atoms with Crippen LogP contribution in [0.2, 0.25) is 0 Å². The van der Waals surface area contributed by atoms with E-state index in [1.54, 1.807) is 12.1 Å². The number of esters is 2. The van der Waals surface area contributed by atoms with Gasteiger partial charge in [-0.1, -0.05) is 26.0 Å². The lowest BCUT2D eigenvalue weighted by Gasteiger charge is -2.11. The molecule has 0 amide bonds. The van der Waals surface area contributed by atoms with E-state index in [0.29, 0.717) is 0 Å². The van der Waals surface area contributed by atoms with Crippen LogP contribution >= 0.6 is 25.3 Å². The Labute approximate surface area is 129 Å². The van der Waals surface area contributed by atoms with Gasteiger partial charge in [-0.2, -0.15) is 25.3 Å². The maximum absolute atomic E-state index is 11.9. The first kappa shape index (κ1) is 16.9. The molecule has 0 unspecified atom stereocenters. The molecule has 1 aromatic rings. The van der Waals surface area contributed by atoms with Crippen LogP contribution in [-0.2, 0) is 9.47 Å². The molecule has 0 bridgehead atoms. The van der Waals surface area contributed by atoms with Crippen LogP contribution < -0.4 is 0 Å². The molecule has 0 heterocycles. The lowest BCUT2D eigenvalue weighted by molar-refractivity contribution is 0.0464. The van der Waals surface area contributed by atoms with Crippen LogP contribution in [0.15, 0.2) is 24.3 Å². The molecule has 0 aliphatic carbocycles. The van der Waals surface area contributed by atoms with E-state index in [-0.39, 0.29) is 34.8 Å². The minimum atomic E-state index is -0.558. The summed E-state index contributed by atoms with van der Waals surface area (Å²) in [4.78, 5) is 23.9. The Bertz CT molecular complexity index is 429. The largest absolute Gasteiger partial charge is 0.461 e. The third-order valence-electron chi connectivity index (χ3n) is 2.28. The number of benzene rings is 1. The zero-order valence-electron chi connectivity index (χ0n) is 11.4. The lowest BCUT2D eigenvalue weighted by atomic mass is 10.1. The van der Waals surface area contributed by atoms with Crippen molar-refractivity contribution in [2.24, 2.45) is 0 Å². The van der Waals surface area contributed by atoms with Gasteiger partial charge in [-0.25, -0.2) is 9.59 Å². The van der Waals surface area contributed by atoms with Gasteiger partial charge in [-0.05, 0) is 12.1 Å². The first-order valence-electron chi connectivity index (χ1n) is 6.21. The first-order valence-corrected chi connectivity index (χ1v) is 7.24. The third kappa shape index (κ3) is 5.46. The third-order valence-corrected chi connectivity index (χ3v) is 2.58. The van der Waals surface area contributed by atoms with Crippen molar-refractivity contribution in [3.8, 4) is 0 Å². The molecule has 0 saturated carbocycles. The molecule has 6 heteroatoms. The molecule has 0 fully saturated rings. The molecule has 20 heavy (non-hydrogen) atoms.